The van der Waals surface area contributed by atoms with Crippen molar-refractivity contribution in [2.75, 3.05) is 0 Å². The molecule has 0 aliphatic carbocycles. The lowest BCUT2D eigenvalue weighted by molar-refractivity contribution is -0.118. The summed E-state index contributed by atoms with van der Waals surface area (Å²) < 4.78 is 1.94. The van der Waals surface area contributed by atoms with Gasteiger partial charge in [-0.2, -0.15) is 0 Å². The first-order valence-electron chi connectivity index (χ1n) is 7.79. The molecular formula is C19H18N2O3. The van der Waals surface area contributed by atoms with Crippen molar-refractivity contribution in [2.45, 2.75) is 19.3 Å². The number of imidazole rings is 1. The summed E-state index contributed by atoms with van der Waals surface area (Å²) in [6.45, 7) is 0. The van der Waals surface area contributed by atoms with Crippen molar-refractivity contribution in [3.05, 3.63) is 65.5 Å². The lowest BCUT2D eigenvalue weighted by atomic mass is 10.0. The van der Waals surface area contributed by atoms with Gasteiger partial charge in [0.15, 0.2) is 0 Å². The maximum absolute atomic E-state index is 12.3. The summed E-state index contributed by atoms with van der Waals surface area (Å²) in [6, 6.07) is 14.5. The quantitative estimate of drug-likeness (QED) is 0.757. The predicted octanol–water partition coefficient (Wildman–Crippen LogP) is 3.02. The lowest BCUT2D eigenvalue weighted by Gasteiger charge is -2.04. The molecule has 122 valence electrons. The minimum atomic E-state index is -0.956. The number of benzene rings is 2. The molecule has 0 bridgehead atoms. The molecule has 0 atom stereocenters. The van der Waals surface area contributed by atoms with Gasteiger partial charge in [-0.25, -0.2) is 9.78 Å². The van der Waals surface area contributed by atoms with Gasteiger partial charge in [0.25, 0.3) is 0 Å². The van der Waals surface area contributed by atoms with Crippen LogP contribution in [-0.4, -0.2) is 26.4 Å². The van der Waals surface area contributed by atoms with E-state index in [0.717, 1.165) is 22.4 Å². The van der Waals surface area contributed by atoms with Gasteiger partial charge in [-0.3, -0.25) is 4.79 Å². The van der Waals surface area contributed by atoms with E-state index in [2.05, 4.69) is 4.98 Å². The van der Waals surface area contributed by atoms with Crippen LogP contribution in [0.4, 0.5) is 0 Å². The van der Waals surface area contributed by atoms with Crippen LogP contribution in [0, 0.1) is 0 Å². The number of para-hydroxylation sites is 2. The maximum Gasteiger partial charge on any atom is 0.335 e. The first kappa shape index (κ1) is 15.9. The number of Topliss-reactive ketones (excluding diaryl/α,β-unsaturated/α-hetero) is 1. The Balaban J connectivity index is 1.66. The standard InChI is InChI=1S/C19H18N2O3/c1-21-17-8-3-2-7-16(17)20-18(21)12-15(22)10-9-13-5-4-6-14(11-13)19(23)24/h2-8,11H,9-10,12H2,1H3,(H,23,24). The SMILES string of the molecule is Cn1c(CC(=O)CCc2cccc(C(=O)O)c2)nc2ccccc21. The van der Waals surface area contributed by atoms with Gasteiger partial charge in [0.05, 0.1) is 23.0 Å². The van der Waals surface area contributed by atoms with Crippen molar-refractivity contribution >= 4 is 22.8 Å². The van der Waals surface area contributed by atoms with Gasteiger partial charge < -0.3 is 9.67 Å². The van der Waals surface area contributed by atoms with Gasteiger partial charge in [0.2, 0.25) is 0 Å². The van der Waals surface area contributed by atoms with Crippen LogP contribution in [0.2, 0.25) is 0 Å². The number of rotatable bonds is 6. The average molecular weight is 322 g/mol. The molecule has 3 aromatic rings. The Morgan fingerprint density at radius 2 is 1.92 bits per heavy atom. The molecule has 1 aromatic heterocycles. The third-order valence-corrected chi connectivity index (χ3v) is 4.10. The third kappa shape index (κ3) is 3.35. The Hall–Kier alpha value is -2.95. The van der Waals surface area contributed by atoms with Gasteiger partial charge >= 0.3 is 5.97 Å². The Bertz CT molecular complexity index is 912. The van der Waals surface area contributed by atoms with Crippen molar-refractivity contribution in [3.63, 3.8) is 0 Å². The highest BCUT2D eigenvalue weighted by Crippen LogP contribution is 2.15. The summed E-state index contributed by atoms with van der Waals surface area (Å²) in [6.07, 6.45) is 1.18. The highest BCUT2D eigenvalue weighted by atomic mass is 16.4. The first-order chi connectivity index (χ1) is 11.5. The molecular weight excluding hydrogens is 304 g/mol. The van der Waals surface area contributed by atoms with Gasteiger partial charge in [-0.05, 0) is 36.2 Å². The van der Waals surface area contributed by atoms with E-state index < -0.39 is 5.97 Å². The van der Waals surface area contributed by atoms with Crippen molar-refractivity contribution in [3.8, 4) is 0 Å². The Morgan fingerprint density at radius 3 is 2.67 bits per heavy atom. The molecule has 2 aromatic carbocycles. The molecule has 1 N–H and O–H groups in total. The van der Waals surface area contributed by atoms with Crippen molar-refractivity contribution in [1.82, 2.24) is 9.55 Å². The van der Waals surface area contributed by atoms with E-state index in [1.165, 1.54) is 0 Å². The van der Waals surface area contributed by atoms with Crippen LogP contribution in [-0.2, 0) is 24.7 Å². The largest absolute Gasteiger partial charge is 0.478 e. The molecule has 1 heterocycles. The Morgan fingerprint density at radius 1 is 1.12 bits per heavy atom. The second-order valence-corrected chi connectivity index (χ2v) is 5.80. The lowest BCUT2D eigenvalue weighted by Crippen LogP contribution is -2.09. The zero-order chi connectivity index (χ0) is 17.1. The second-order valence-electron chi connectivity index (χ2n) is 5.80. The summed E-state index contributed by atoms with van der Waals surface area (Å²) in [4.78, 5) is 27.8. The average Bonchev–Trinajstić information content (AvgIpc) is 2.89. The molecule has 0 saturated heterocycles. The van der Waals surface area contributed by atoms with E-state index in [1.807, 2.05) is 41.9 Å². The van der Waals surface area contributed by atoms with E-state index >= 15 is 0 Å². The number of hydrogen-bond donors (Lipinski definition) is 1. The van der Waals surface area contributed by atoms with E-state index in [4.69, 9.17) is 5.11 Å². The van der Waals surface area contributed by atoms with Crippen LogP contribution >= 0.6 is 0 Å². The number of nitrogens with zero attached hydrogens (tertiary/aromatic N) is 2. The van der Waals surface area contributed by atoms with Crippen LogP contribution in [0.15, 0.2) is 48.5 Å². The number of ketones is 1. The molecule has 0 radical (unpaired) electrons. The minimum Gasteiger partial charge on any atom is -0.478 e. The first-order valence-corrected chi connectivity index (χ1v) is 7.79. The molecule has 0 saturated carbocycles. The number of carbonyl (C=O) groups excluding carboxylic acids is 1. The van der Waals surface area contributed by atoms with Crippen molar-refractivity contribution in [1.29, 1.82) is 0 Å². The molecule has 0 aliphatic heterocycles. The fourth-order valence-corrected chi connectivity index (χ4v) is 2.76. The van der Waals surface area contributed by atoms with Crippen LogP contribution in [0.1, 0.15) is 28.2 Å². The molecule has 0 fully saturated rings. The third-order valence-electron chi connectivity index (χ3n) is 4.10. The molecule has 0 spiro atoms. The zero-order valence-electron chi connectivity index (χ0n) is 13.4. The normalized spacial score (nSPS) is 10.9. The number of aryl methyl sites for hydroxylation is 2. The number of aromatic carboxylic acids is 1. The molecule has 0 aliphatic rings. The summed E-state index contributed by atoms with van der Waals surface area (Å²) >= 11 is 0. The fourth-order valence-electron chi connectivity index (χ4n) is 2.76. The van der Waals surface area contributed by atoms with Gasteiger partial charge in [-0.15, -0.1) is 0 Å². The number of carboxylic acid groups (broad SMARTS) is 1. The molecule has 24 heavy (non-hydrogen) atoms. The molecule has 0 amide bonds. The number of aromatic nitrogens is 2. The van der Waals surface area contributed by atoms with Crippen LogP contribution in [0.5, 0.6) is 0 Å². The Labute approximate surface area is 139 Å². The summed E-state index contributed by atoms with van der Waals surface area (Å²) in [7, 11) is 1.91. The van der Waals surface area contributed by atoms with Crippen molar-refractivity contribution in [2.24, 2.45) is 7.05 Å². The summed E-state index contributed by atoms with van der Waals surface area (Å²) in [5.41, 5.74) is 3.00. The number of carbonyl (C=O) groups is 2. The monoisotopic (exact) mass is 322 g/mol. The topological polar surface area (TPSA) is 72.2 Å². The van der Waals surface area contributed by atoms with Crippen molar-refractivity contribution < 1.29 is 14.7 Å². The highest BCUT2D eigenvalue weighted by molar-refractivity contribution is 5.88. The van der Waals surface area contributed by atoms with Crippen LogP contribution < -0.4 is 0 Å². The molecule has 0 unspecified atom stereocenters. The molecule has 5 nitrogen and oxygen atoms in total. The van der Waals surface area contributed by atoms with E-state index in [0.29, 0.717) is 12.8 Å². The van der Waals surface area contributed by atoms with Crippen LogP contribution in [0.25, 0.3) is 11.0 Å². The zero-order valence-corrected chi connectivity index (χ0v) is 13.4. The molecule has 5 heteroatoms. The van der Waals surface area contributed by atoms with E-state index in [-0.39, 0.29) is 17.8 Å². The number of fused-ring (bicyclic) bond motifs is 1. The Kier molecular flexibility index (Phi) is 4.42. The summed E-state index contributed by atoms with van der Waals surface area (Å²) in [5, 5.41) is 9.00. The number of hydrogen-bond acceptors (Lipinski definition) is 3. The number of carboxylic acids is 1. The highest BCUT2D eigenvalue weighted by Gasteiger charge is 2.12. The predicted molar refractivity (Wildman–Crippen MR) is 91.1 cm³/mol. The second kappa shape index (κ2) is 6.66. The fraction of sp³-hybridized carbons (Fsp3) is 0.211. The maximum atomic E-state index is 12.3. The van der Waals surface area contributed by atoms with Crippen LogP contribution in [0.3, 0.4) is 0 Å². The van der Waals surface area contributed by atoms with Gasteiger partial charge in [0, 0.05) is 13.5 Å². The van der Waals surface area contributed by atoms with E-state index in [9.17, 15) is 9.59 Å². The molecule has 3 rings (SSSR count). The summed E-state index contributed by atoms with van der Waals surface area (Å²) in [5.74, 6) is -0.113. The van der Waals surface area contributed by atoms with Gasteiger partial charge in [0.1, 0.15) is 11.6 Å². The van der Waals surface area contributed by atoms with Gasteiger partial charge in [-0.1, -0.05) is 24.3 Å². The smallest absolute Gasteiger partial charge is 0.335 e. The van der Waals surface area contributed by atoms with E-state index in [1.54, 1.807) is 18.2 Å². The minimum absolute atomic E-state index is 0.0918.